The molecular formula is C19H23N3O4. The maximum absolute atomic E-state index is 12.5. The first-order chi connectivity index (χ1) is 12.3. The summed E-state index contributed by atoms with van der Waals surface area (Å²) in [5.41, 5.74) is 2.38. The predicted molar refractivity (Wildman–Crippen MR) is 96.2 cm³/mol. The number of nitrogens with one attached hydrogen (secondary N) is 1. The number of likely N-dealkylation sites (N-methyl/N-ethyl adjacent to an activating group) is 1. The number of hydrogen-bond acceptors (Lipinski definition) is 5. The Balaban J connectivity index is 2.13. The van der Waals surface area contributed by atoms with Crippen molar-refractivity contribution in [1.29, 1.82) is 0 Å². The highest BCUT2D eigenvalue weighted by Crippen LogP contribution is 2.21. The lowest BCUT2D eigenvalue weighted by Gasteiger charge is -2.17. The second-order valence-corrected chi connectivity index (χ2v) is 6.09. The van der Waals surface area contributed by atoms with Crippen molar-refractivity contribution < 1.29 is 19.1 Å². The monoisotopic (exact) mass is 357 g/mol. The number of Topliss-reactive ketones (excluding diaryl/α,β-unsaturated/α-hetero) is 1. The molecule has 0 aromatic carbocycles. The Bertz CT molecular complexity index is 812. The number of amides is 1. The highest BCUT2D eigenvalue weighted by Gasteiger charge is 2.25. The van der Waals surface area contributed by atoms with E-state index in [9.17, 15) is 14.4 Å². The van der Waals surface area contributed by atoms with E-state index < -0.39 is 5.97 Å². The number of esters is 1. The van der Waals surface area contributed by atoms with Gasteiger partial charge < -0.3 is 14.6 Å². The lowest BCUT2D eigenvalue weighted by molar-refractivity contribution is -0.129. The molecule has 2 aromatic heterocycles. The topological polar surface area (TPSA) is 92.4 Å². The summed E-state index contributed by atoms with van der Waals surface area (Å²) in [7, 11) is 2.97. The van der Waals surface area contributed by atoms with Gasteiger partial charge in [-0.15, -0.1) is 0 Å². The van der Waals surface area contributed by atoms with E-state index in [1.54, 1.807) is 25.1 Å². The Morgan fingerprint density at radius 1 is 1.27 bits per heavy atom. The Hall–Kier alpha value is -2.96. The third kappa shape index (κ3) is 4.36. The second-order valence-electron chi connectivity index (χ2n) is 6.09. The normalized spacial score (nSPS) is 10.5. The largest absolute Gasteiger partial charge is 0.465 e. The van der Waals surface area contributed by atoms with Crippen LogP contribution >= 0.6 is 0 Å². The molecule has 0 aliphatic rings. The van der Waals surface area contributed by atoms with Crippen molar-refractivity contribution in [2.45, 2.75) is 26.7 Å². The number of aromatic amines is 1. The minimum Gasteiger partial charge on any atom is -0.465 e. The molecule has 1 amide bonds. The summed E-state index contributed by atoms with van der Waals surface area (Å²) in [5.74, 6) is -0.928. The fourth-order valence-corrected chi connectivity index (χ4v) is 2.76. The lowest BCUT2D eigenvalue weighted by Crippen LogP contribution is -2.31. The molecule has 2 aromatic rings. The molecule has 0 radical (unpaired) electrons. The number of methoxy groups -OCH3 is 1. The van der Waals surface area contributed by atoms with E-state index in [1.807, 2.05) is 18.2 Å². The van der Waals surface area contributed by atoms with Gasteiger partial charge in [0.25, 0.3) is 0 Å². The summed E-state index contributed by atoms with van der Waals surface area (Å²) >= 11 is 0. The van der Waals surface area contributed by atoms with Gasteiger partial charge in [-0.2, -0.15) is 0 Å². The Morgan fingerprint density at radius 2 is 2.00 bits per heavy atom. The second kappa shape index (κ2) is 8.42. The van der Waals surface area contributed by atoms with Crippen LogP contribution in [0.1, 0.15) is 44.7 Å². The molecule has 0 unspecified atom stereocenters. The number of ether oxygens (including phenoxy) is 1. The van der Waals surface area contributed by atoms with Crippen LogP contribution in [-0.4, -0.2) is 53.2 Å². The molecule has 7 nitrogen and oxygen atoms in total. The highest BCUT2D eigenvalue weighted by atomic mass is 16.5. The summed E-state index contributed by atoms with van der Waals surface area (Å²) in [6.45, 7) is 3.57. The molecule has 0 bridgehead atoms. The van der Waals surface area contributed by atoms with Crippen LogP contribution < -0.4 is 0 Å². The zero-order valence-electron chi connectivity index (χ0n) is 15.5. The number of ketones is 1. The fourth-order valence-electron chi connectivity index (χ4n) is 2.76. The first kappa shape index (κ1) is 19.4. The van der Waals surface area contributed by atoms with E-state index in [-0.39, 0.29) is 23.7 Å². The van der Waals surface area contributed by atoms with Crippen molar-refractivity contribution in [3.05, 3.63) is 52.6 Å². The van der Waals surface area contributed by atoms with Gasteiger partial charge in [0.15, 0.2) is 5.78 Å². The number of carbonyl (C=O) groups is 3. The summed E-state index contributed by atoms with van der Waals surface area (Å²) in [5, 5.41) is 0. The van der Waals surface area contributed by atoms with E-state index in [4.69, 9.17) is 4.74 Å². The van der Waals surface area contributed by atoms with E-state index in [1.165, 1.54) is 14.0 Å². The number of aromatic nitrogens is 2. The summed E-state index contributed by atoms with van der Waals surface area (Å²) < 4.78 is 4.79. The van der Waals surface area contributed by atoms with Crippen LogP contribution in [0.15, 0.2) is 24.4 Å². The highest BCUT2D eigenvalue weighted by molar-refractivity contribution is 6.01. The third-order valence-corrected chi connectivity index (χ3v) is 4.25. The minimum atomic E-state index is -0.565. The molecule has 0 aliphatic heterocycles. The molecule has 1 N–H and O–H groups in total. The summed E-state index contributed by atoms with van der Waals surface area (Å²) in [4.78, 5) is 45.1. The van der Waals surface area contributed by atoms with Crippen molar-refractivity contribution in [2.75, 3.05) is 20.7 Å². The maximum atomic E-state index is 12.5. The van der Waals surface area contributed by atoms with Gasteiger partial charge in [-0.3, -0.25) is 14.6 Å². The van der Waals surface area contributed by atoms with Crippen molar-refractivity contribution in [3.63, 3.8) is 0 Å². The van der Waals surface area contributed by atoms with Gasteiger partial charge >= 0.3 is 5.97 Å². The Kier molecular flexibility index (Phi) is 6.27. The van der Waals surface area contributed by atoms with E-state index in [0.717, 1.165) is 5.69 Å². The maximum Gasteiger partial charge on any atom is 0.339 e. The third-order valence-electron chi connectivity index (χ3n) is 4.25. The molecule has 0 atom stereocenters. The van der Waals surface area contributed by atoms with Crippen LogP contribution in [0.3, 0.4) is 0 Å². The van der Waals surface area contributed by atoms with Crippen molar-refractivity contribution in [1.82, 2.24) is 14.9 Å². The minimum absolute atomic E-state index is 0.0166. The molecule has 2 heterocycles. The van der Waals surface area contributed by atoms with Gasteiger partial charge in [0.2, 0.25) is 5.91 Å². The van der Waals surface area contributed by atoms with E-state index in [2.05, 4.69) is 9.97 Å². The molecule has 7 heteroatoms. The molecule has 0 saturated heterocycles. The van der Waals surface area contributed by atoms with Crippen LogP contribution in [-0.2, 0) is 22.4 Å². The zero-order chi connectivity index (χ0) is 19.3. The van der Waals surface area contributed by atoms with Gasteiger partial charge in [-0.25, -0.2) is 4.79 Å². The lowest BCUT2D eigenvalue weighted by atomic mass is 10.1. The van der Waals surface area contributed by atoms with Crippen molar-refractivity contribution in [3.8, 4) is 0 Å². The van der Waals surface area contributed by atoms with Crippen LogP contribution in [0, 0.1) is 6.92 Å². The number of rotatable bonds is 7. The van der Waals surface area contributed by atoms with Gasteiger partial charge in [0, 0.05) is 44.5 Å². The van der Waals surface area contributed by atoms with Crippen LogP contribution in [0.2, 0.25) is 0 Å². The van der Waals surface area contributed by atoms with Crippen LogP contribution in [0.4, 0.5) is 0 Å². The van der Waals surface area contributed by atoms with Crippen LogP contribution in [0.5, 0.6) is 0 Å². The predicted octanol–water partition coefficient (Wildman–Crippen LogP) is 1.95. The van der Waals surface area contributed by atoms with Gasteiger partial charge in [0.05, 0.1) is 24.8 Å². The Labute approximate surface area is 152 Å². The van der Waals surface area contributed by atoms with Gasteiger partial charge in [-0.1, -0.05) is 6.07 Å². The fraction of sp³-hybridized carbons (Fsp3) is 0.368. The van der Waals surface area contributed by atoms with Crippen molar-refractivity contribution >= 4 is 17.7 Å². The molecule has 138 valence electrons. The van der Waals surface area contributed by atoms with Gasteiger partial charge in [-0.05, 0) is 24.6 Å². The zero-order valence-corrected chi connectivity index (χ0v) is 15.5. The van der Waals surface area contributed by atoms with Gasteiger partial charge in [0.1, 0.15) is 0 Å². The molecule has 0 saturated carbocycles. The number of H-pyrrole nitrogens is 1. The molecular weight excluding hydrogens is 334 g/mol. The average molecular weight is 357 g/mol. The molecule has 2 rings (SSSR count). The standard InChI is InChI=1S/C19H23N3O4/c1-12-17(19(25)26-4)15(21-18(12)13(2)23)11-16(24)22(3)10-8-14-7-5-6-9-20-14/h5-7,9,21H,8,10-11H2,1-4H3. The molecule has 0 fully saturated rings. The smallest absolute Gasteiger partial charge is 0.339 e. The summed E-state index contributed by atoms with van der Waals surface area (Å²) in [6, 6.07) is 5.64. The number of nitrogens with zero attached hydrogens (tertiary/aromatic N) is 2. The first-order valence-corrected chi connectivity index (χ1v) is 8.29. The van der Waals surface area contributed by atoms with Crippen molar-refractivity contribution in [2.24, 2.45) is 0 Å². The van der Waals surface area contributed by atoms with E-state index >= 15 is 0 Å². The molecule has 0 spiro atoms. The van der Waals surface area contributed by atoms with Crippen LogP contribution in [0.25, 0.3) is 0 Å². The number of hydrogen-bond donors (Lipinski definition) is 1. The number of carbonyl (C=O) groups excluding carboxylic acids is 3. The Morgan fingerprint density at radius 3 is 2.58 bits per heavy atom. The quantitative estimate of drug-likeness (QED) is 0.604. The first-order valence-electron chi connectivity index (χ1n) is 8.29. The molecule has 0 aliphatic carbocycles. The summed E-state index contributed by atoms with van der Waals surface area (Å²) in [6.07, 6.45) is 2.33. The average Bonchev–Trinajstić information content (AvgIpc) is 2.96. The molecule has 26 heavy (non-hydrogen) atoms. The van der Waals surface area contributed by atoms with E-state index in [0.29, 0.717) is 29.9 Å². The number of pyridine rings is 1. The SMILES string of the molecule is COC(=O)c1c(CC(=O)N(C)CCc2ccccn2)[nH]c(C(C)=O)c1C.